The van der Waals surface area contributed by atoms with Gasteiger partial charge in [-0.25, -0.2) is 4.99 Å². The Bertz CT molecular complexity index is 951. The van der Waals surface area contributed by atoms with E-state index < -0.39 is 0 Å². The molecule has 5 heteroatoms. The normalized spacial score (nSPS) is 11.1. The lowest BCUT2D eigenvalue weighted by atomic mass is 10.1. The standard InChI is InChI=1S/C22H22N4O/c1-16-7-5-10-19(13-16)21(27)26-22(24-15-18-9-6-12-23-14-18)25-20-11-4-3-8-17(20)2/h3-14H,15H2,1-2H3,(H2,24,25,26,27). The number of anilines is 1. The number of carbonyl (C=O) groups is 1. The highest BCUT2D eigenvalue weighted by atomic mass is 16.1. The van der Waals surface area contributed by atoms with E-state index in [4.69, 9.17) is 0 Å². The van der Waals surface area contributed by atoms with Crippen molar-refractivity contribution in [1.82, 2.24) is 10.3 Å². The molecular weight excluding hydrogens is 336 g/mol. The Kier molecular flexibility index (Phi) is 5.94. The Balaban J connectivity index is 1.82. The van der Waals surface area contributed by atoms with Gasteiger partial charge in [-0.15, -0.1) is 0 Å². The lowest BCUT2D eigenvalue weighted by molar-refractivity contribution is 0.0977. The predicted octanol–water partition coefficient (Wildman–Crippen LogP) is 4.10. The molecular formula is C22H22N4O. The van der Waals surface area contributed by atoms with Gasteiger partial charge in [0.25, 0.3) is 5.91 Å². The first kappa shape index (κ1) is 18.3. The van der Waals surface area contributed by atoms with Crippen LogP contribution in [0.2, 0.25) is 0 Å². The zero-order valence-corrected chi connectivity index (χ0v) is 15.4. The molecule has 1 aromatic heterocycles. The van der Waals surface area contributed by atoms with Crippen LogP contribution in [-0.2, 0) is 6.54 Å². The van der Waals surface area contributed by atoms with E-state index in [1.807, 2.05) is 68.4 Å². The van der Waals surface area contributed by atoms with Crippen molar-refractivity contribution in [2.45, 2.75) is 20.4 Å². The van der Waals surface area contributed by atoms with Gasteiger partial charge < -0.3 is 5.32 Å². The van der Waals surface area contributed by atoms with Crippen LogP contribution in [0.4, 0.5) is 5.69 Å². The Morgan fingerprint density at radius 3 is 2.63 bits per heavy atom. The molecule has 1 amide bonds. The number of rotatable bonds is 4. The van der Waals surface area contributed by atoms with Crippen molar-refractivity contribution in [2.75, 3.05) is 5.32 Å². The summed E-state index contributed by atoms with van der Waals surface area (Å²) >= 11 is 0. The van der Waals surface area contributed by atoms with Gasteiger partial charge in [0.2, 0.25) is 5.96 Å². The minimum atomic E-state index is -0.204. The molecule has 5 nitrogen and oxygen atoms in total. The molecule has 0 saturated heterocycles. The fourth-order valence-corrected chi connectivity index (χ4v) is 2.58. The van der Waals surface area contributed by atoms with Crippen molar-refractivity contribution in [2.24, 2.45) is 4.99 Å². The summed E-state index contributed by atoms with van der Waals surface area (Å²) in [6.07, 6.45) is 3.48. The van der Waals surface area contributed by atoms with Crippen molar-refractivity contribution in [1.29, 1.82) is 0 Å². The highest BCUT2D eigenvalue weighted by Gasteiger charge is 2.10. The molecule has 0 fully saturated rings. The predicted molar refractivity (Wildman–Crippen MR) is 109 cm³/mol. The Morgan fingerprint density at radius 1 is 1.04 bits per heavy atom. The second-order valence-electron chi connectivity index (χ2n) is 6.29. The van der Waals surface area contributed by atoms with Gasteiger partial charge in [0.1, 0.15) is 0 Å². The van der Waals surface area contributed by atoms with Gasteiger partial charge in [-0.2, -0.15) is 0 Å². The number of hydrogen-bond donors (Lipinski definition) is 2. The number of amides is 1. The summed E-state index contributed by atoms with van der Waals surface area (Å²) in [7, 11) is 0. The van der Waals surface area contributed by atoms with Crippen molar-refractivity contribution in [3.63, 3.8) is 0 Å². The Hall–Kier alpha value is -3.47. The Labute approximate surface area is 159 Å². The smallest absolute Gasteiger partial charge is 0.257 e. The molecule has 0 bridgehead atoms. The maximum atomic E-state index is 12.6. The van der Waals surface area contributed by atoms with E-state index in [2.05, 4.69) is 20.6 Å². The van der Waals surface area contributed by atoms with Gasteiger partial charge >= 0.3 is 0 Å². The summed E-state index contributed by atoms with van der Waals surface area (Å²) in [5, 5.41) is 6.12. The molecule has 0 aliphatic heterocycles. The summed E-state index contributed by atoms with van der Waals surface area (Å²) in [6.45, 7) is 4.37. The van der Waals surface area contributed by atoms with Crippen LogP contribution in [0.1, 0.15) is 27.0 Å². The zero-order chi connectivity index (χ0) is 19.1. The van der Waals surface area contributed by atoms with Crippen LogP contribution >= 0.6 is 0 Å². The maximum Gasteiger partial charge on any atom is 0.257 e. The average molecular weight is 358 g/mol. The summed E-state index contributed by atoms with van der Waals surface area (Å²) in [5.74, 6) is 0.199. The largest absolute Gasteiger partial charge is 0.326 e. The van der Waals surface area contributed by atoms with Gasteiger partial charge in [0, 0.05) is 23.6 Å². The third kappa shape index (κ3) is 5.25. The minimum absolute atomic E-state index is 0.204. The molecule has 0 saturated carbocycles. The van der Waals surface area contributed by atoms with Crippen LogP contribution in [-0.4, -0.2) is 16.9 Å². The first-order chi connectivity index (χ1) is 13.1. The van der Waals surface area contributed by atoms with Crippen LogP contribution in [0, 0.1) is 13.8 Å². The van der Waals surface area contributed by atoms with E-state index in [1.54, 1.807) is 18.5 Å². The lowest BCUT2D eigenvalue weighted by Crippen LogP contribution is -2.36. The zero-order valence-electron chi connectivity index (χ0n) is 15.4. The van der Waals surface area contributed by atoms with Gasteiger partial charge in [0.05, 0.1) is 6.54 Å². The first-order valence-electron chi connectivity index (χ1n) is 8.76. The number of pyridine rings is 1. The van der Waals surface area contributed by atoms with Crippen molar-refractivity contribution < 1.29 is 4.79 Å². The SMILES string of the molecule is Cc1cccc(C(=O)NC(=NCc2cccnc2)Nc2ccccc2C)c1. The highest BCUT2D eigenvalue weighted by molar-refractivity contribution is 6.10. The molecule has 0 spiro atoms. The van der Waals surface area contributed by atoms with E-state index >= 15 is 0 Å². The number of aliphatic imine (C=N–C) groups is 1. The van der Waals surface area contributed by atoms with Crippen LogP contribution < -0.4 is 10.6 Å². The molecule has 136 valence electrons. The lowest BCUT2D eigenvalue weighted by Gasteiger charge is -2.14. The minimum Gasteiger partial charge on any atom is -0.326 e. The second kappa shape index (κ2) is 8.76. The number of carbonyl (C=O) groups excluding carboxylic acids is 1. The topological polar surface area (TPSA) is 66.4 Å². The summed E-state index contributed by atoms with van der Waals surface area (Å²) < 4.78 is 0. The monoisotopic (exact) mass is 358 g/mol. The number of aromatic nitrogens is 1. The van der Waals surface area contributed by atoms with Gasteiger partial charge in [-0.1, -0.05) is 42.0 Å². The number of nitrogens with one attached hydrogen (secondary N) is 2. The van der Waals surface area contributed by atoms with Crippen molar-refractivity contribution in [3.8, 4) is 0 Å². The third-order valence-electron chi connectivity index (χ3n) is 4.05. The van der Waals surface area contributed by atoms with Crippen LogP contribution in [0.25, 0.3) is 0 Å². The molecule has 1 heterocycles. The quantitative estimate of drug-likeness (QED) is 0.545. The summed E-state index contributed by atoms with van der Waals surface area (Å²) in [4.78, 5) is 21.3. The number of benzene rings is 2. The third-order valence-corrected chi connectivity index (χ3v) is 4.05. The van der Waals surface area contributed by atoms with E-state index in [9.17, 15) is 4.79 Å². The van der Waals surface area contributed by atoms with E-state index in [0.717, 1.165) is 22.4 Å². The molecule has 0 aliphatic rings. The van der Waals surface area contributed by atoms with Crippen LogP contribution in [0.15, 0.2) is 78.0 Å². The molecule has 27 heavy (non-hydrogen) atoms. The van der Waals surface area contributed by atoms with Crippen molar-refractivity contribution >= 4 is 17.6 Å². The summed E-state index contributed by atoms with van der Waals surface area (Å²) in [6, 6.07) is 19.1. The average Bonchev–Trinajstić information content (AvgIpc) is 2.68. The van der Waals surface area contributed by atoms with E-state index in [0.29, 0.717) is 18.1 Å². The van der Waals surface area contributed by atoms with Crippen LogP contribution in [0.5, 0.6) is 0 Å². The molecule has 3 rings (SSSR count). The summed E-state index contributed by atoms with van der Waals surface area (Å²) in [5.41, 5.74) is 4.55. The number of hydrogen-bond acceptors (Lipinski definition) is 3. The number of nitrogens with zero attached hydrogens (tertiary/aromatic N) is 2. The Morgan fingerprint density at radius 2 is 1.89 bits per heavy atom. The molecule has 0 unspecified atom stereocenters. The molecule has 2 N–H and O–H groups in total. The van der Waals surface area contributed by atoms with E-state index in [-0.39, 0.29) is 5.91 Å². The number of para-hydroxylation sites is 1. The molecule has 3 aromatic rings. The fraction of sp³-hybridized carbons (Fsp3) is 0.136. The number of aryl methyl sites for hydroxylation is 2. The van der Waals surface area contributed by atoms with E-state index in [1.165, 1.54) is 0 Å². The van der Waals surface area contributed by atoms with Crippen LogP contribution in [0.3, 0.4) is 0 Å². The van der Waals surface area contributed by atoms with Gasteiger partial charge in [0.15, 0.2) is 0 Å². The maximum absolute atomic E-state index is 12.6. The molecule has 0 atom stereocenters. The van der Waals surface area contributed by atoms with Gasteiger partial charge in [-0.3, -0.25) is 15.1 Å². The highest BCUT2D eigenvalue weighted by Crippen LogP contribution is 2.13. The molecule has 2 aromatic carbocycles. The molecule has 0 radical (unpaired) electrons. The molecule has 0 aliphatic carbocycles. The van der Waals surface area contributed by atoms with Gasteiger partial charge in [-0.05, 0) is 49.2 Å². The fourth-order valence-electron chi connectivity index (χ4n) is 2.58. The first-order valence-corrected chi connectivity index (χ1v) is 8.76. The second-order valence-corrected chi connectivity index (χ2v) is 6.29. The number of guanidine groups is 1. The van der Waals surface area contributed by atoms with Crippen molar-refractivity contribution in [3.05, 3.63) is 95.3 Å².